The van der Waals surface area contributed by atoms with Gasteiger partial charge in [0, 0.05) is 13.1 Å². The van der Waals surface area contributed by atoms with Crippen LogP contribution in [0.4, 0.5) is 5.82 Å². The van der Waals surface area contributed by atoms with E-state index in [1.807, 2.05) is 19.0 Å². The molecule has 2 aromatic rings. The SMILES string of the molecule is CN(C)CC(C)(O)CNc1ccc2nnnn2n1. The molecular formula is C10H17N7O. The normalized spacial score (nSPS) is 14.9. The number of nitrogens with one attached hydrogen (secondary N) is 1. The highest BCUT2D eigenvalue weighted by Gasteiger charge is 2.21. The van der Waals surface area contributed by atoms with Gasteiger partial charge in [0.25, 0.3) is 0 Å². The zero-order chi connectivity index (χ0) is 13.2. The zero-order valence-electron chi connectivity index (χ0n) is 10.7. The molecule has 0 aromatic carbocycles. The molecule has 0 saturated carbocycles. The van der Waals surface area contributed by atoms with Crippen LogP contribution < -0.4 is 5.32 Å². The summed E-state index contributed by atoms with van der Waals surface area (Å²) in [6.45, 7) is 2.73. The number of rotatable bonds is 5. The second-order valence-corrected chi connectivity index (χ2v) is 4.83. The molecular weight excluding hydrogens is 234 g/mol. The number of tetrazole rings is 1. The van der Waals surface area contributed by atoms with Crippen LogP contribution in [0.5, 0.6) is 0 Å². The van der Waals surface area contributed by atoms with Gasteiger partial charge in [-0.25, -0.2) is 0 Å². The fourth-order valence-corrected chi connectivity index (χ4v) is 1.76. The second-order valence-electron chi connectivity index (χ2n) is 4.83. The third-order valence-electron chi connectivity index (χ3n) is 2.38. The van der Waals surface area contributed by atoms with Crippen molar-refractivity contribution in [3.05, 3.63) is 12.1 Å². The molecule has 0 bridgehead atoms. The summed E-state index contributed by atoms with van der Waals surface area (Å²) in [4.78, 5) is 1.93. The molecule has 8 nitrogen and oxygen atoms in total. The maximum absolute atomic E-state index is 10.1. The lowest BCUT2D eigenvalue weighted by Gasteiger charge is -2.27. The van der Waals surface area contributed by atoms with Crippen molar-refractivity contribution in [2.24, 2.45) is 0 Å². The molecule has 0 aliphatic rings. The third kappa shape index (κ3) is 3.11. The van der Waals surface area contributed by atoms with E-state index in [2.05, 4.69) is 25.9 Å². The first kappa shape index (κ1) is 12.7. The molecule has 2 N–H and O–H groups in total. The van der Waals surface area contributed by atoms with Crippen LogP contribution in [0.1, 0.15) is 6.92 Å². The summed E-state index contributed by atoms with van der Waals surface area (Å²) in [7, 11) is 3.83. The summed E-state index contributed by atoms with van der Waals surface area (Å²) in [5.74, 6) is 0.619. The van der Waals surface area contributed by atoms with E-state index in [1.165, 1.54) is 4.63 Å². The topological polar surface area (TPSA) is 91.5 Å². The Hall–Kier alpha value is -1.80. The number of hydrogen-bond acceptors (Lipinski definition) is 7. The van der Waals surface area contributed by atoms with Crippen LogP contribution in [0.3, 0.4) is 0 Å². The maximum Gasteiger partial charge on any atom is 0.200 e. The summed E-state index contributed by atoms with van der Waals surface area (Å²) in [5, 5.41) is 28.3. The zero-order valence-corrected chi connectivity index (χ0v) is 10.7. The van der Waals surface area contributed by atoms with Gasteiger partial charge in [-0.2, -0.15) is 0 Å². The molecule has 2 aromatic heterocycles. The molecule has 2 rings (SSSR count). The first-order valence-electron chi connectivity index (χ1n) is 5.63. The summed E-state index contributed by atoms with van der Waals surface area (Å²) < 4.78 is 1.34. The van der Waals surface area contributed by atoms with Crippen molar-refractivity contribution < 1.29 is 5.11 Å². The standard InChI is InChI=1S/C10H17N7O/c1-10(18,7-16(2)3)6-11-8-4-5-9-12-14-15-17(9)13-8/h4-5,18H,6-7H2,1-3H3,(H,11,13). The van der Waals surface area contributed by atoms with Crippen LogP contribution in [0.15, 0.2) is 12.1 Å². The van der Waals surface area contributed by atoms with Crippen molar-refractivity contribution in [3.8, 4) is 0 Å². The van der Waals surface area contributed by atoms with Crippen molar-refractivity contribution in [1.82, 2.24) is 30.2 Å². The Labute approximate surface area is 105 Å². The number of hydrogen-bond donors (Lipinski definition) is 2. The molecule has 0 aliphatic heterocycles. The van der Waals surface area contributed by atoms with Crippen LogP contribution in [0, 0.1) is 0 Å². The highest BCUT2D eigenvalue weighted by molar-refractivity contribution is 5.42. The largest absolute Gasteiger partial charge is 0.387 e. The molecule has 0 spiro atoms. The van der Waals surface area contributed by atoms with Crippen LogP contribution in [-0.4, -0.2) is 68.0 Å². The molecule has 0 fully saturated rings. The third-order valence-corrected chi connectivity index (χ3v) is 2.38. The highest BCUT2D eigenvalue weighted by Crippen LogP contribution is 2.08. The Morgan fingerprint density at radius 1 is 1.44 bits per heavy atom. The maximum atomic E-state index is 10.1. The minimum atomic E-state index is -0.833. The monoisotopic (exact) mass is 251 g/mol. The summed E-state index contributed by atoms with van der Waals surface area (Å²) >= 11 is 0. The molecule has 1 atom stereocenters. The van der Waals surface area contributed by atoms with E-state index in [4.69, 9.17) is 0 Å². The van der Waals surface area contributed by atoms with Crippen LogP contribution >= 0.6 is 0 Å². The summed E-state index contributed by atoms with van der Waals surface area (Å²) in [5.41, 5.74) is -0.249. The van der Waals surface area contributed by atoms with Crippen molar-refractivity contribution in [3.63, 3.8) is 0 Å². The Kier molecular flexibility index (Phi) is 3.39. The van der Waals surface area contributed by atoms with Crippen molar-refractivity contribution in [2.75, 3.05) is 32.5 Å². The van der Waals surface area contributed by atoms with Gasteiger partial charge < -0.3 is 15.3 Å². The molecule has 98 valence electrons. The van der Waals surface area contributed by atoms with Gasteiger partial charge >= 0.3 is 0 Å². The van der Waals surface area contributed by atoms with Gasteiger partial charge in [-0.05, 0) is 43.6 Å². The Morgan fingerprint density at radius 2 is 2.22 bits per heavy atom. The number of fused-ring (bicyclic) bond motifs is 1. The number of likely N-dealkylation sites (N-methyl/N-ethyl adjacent to an activating group) is 1. The van der Waals surface area contributed by atoms with Crippen LogP contribution in [-0.2, 0) is 0 Å². The molecule has 8 heteroatoms. The van der Waals surface area contributed by atoms with Crippen LogP contribution in [0.25, 0.3) is 5.65 Å². The molecule has 0 amide bonds. The van der Waals surface area contributed by atoms with Crippen LogP contribution in [0.2, 0.25) is 0 Å². The van der Waals surface area contributed by atoms with Gasteiger partial charge in [-0.3, -0.25) is 0 Å². The minimum Gasteiger partial charge on any atom is -0.387 e. The summed E-state index contributed by atoms with van der Waals surface area (Å²) in [6.07, 6.45) is 0. The molecule has 0 saturated heterocycles. The fraction of sp³-hybridized carbons (Fsp3) is 0.600. The van der Waals surface area contributed by atoms with Crippen molar-refractivity contribution in [1.29, 1.82) is 0 Å². The molecule has 0 aliphatic carbocycles. The van der Waals surface area contributed by atoms with Gasteiger partial charge in [-0.15, -0.1) is 14.8 Å². The van der Waals surface area contributed by atoms with Crippen molar-refractivity contribution >= 4 is 11.5 Å². The molecule has 18 heavy (non-hydrogen) atoms. The number of nitrogens with zero attached hydrogens (tertiary/aromatic N) is 6. The fourth-order valence-electron chi connectivity index (χ4n) is 1.76. The van der Waals surface area contributed by atoms with Gasteiger partial charge in [-0.1, -0.05) is 0 Å². The minimum absolute atomic E-state index is 0.395. The summed E-state index contributed by atoms with van der Waals surface area (Å²) in [6, 6.07) is 3.54. The van der Waals surface area contributed by atoms with E-state index < -0.39 is 5.60 Å². The lowest BCUT2D eigenvalue weighted by molar-refractivity contribution is 0.0459. The lowest BCUT2D eigenvalue weighted by Crippen LogP contribution is -2.43. The average molecular weight is 251 g/mol. The highest BCUT2D eigenvalue weighted by atomic mass is 16.3. The van der Waals surface area contributed by atoms with Gasteiger partial charge in [0.2, 0.25) is 0 Å². The number of aromatic nitrogens is 5. The van der Waals surface area contributed by atoms with E-state index in [9.17, 15) is 5.11 Å². The van der Waals surface area contributed by atoms with Gasteiger partial charge in [0.05, 0.1) is 5.60 Å². The second kappa shape index (κ2) is 4.83. The first-order valence-corrected chi connectivity index (χ1v) is 5.63. The number of aliphatic hydroxyl groups is 1. The van der Waals surface area contributed by atoms with Gasteiger partial charge in [0.1, 0.15) is 5.82 Å². The molecule has 0 radical (unpaired) electrons. The van der Waals surface area contributed by atoms with E-state index >= 15 is 0 Å². The molecule has 2 heterocycles. The Bertz CT molecular complexity index is 522. The van der Waals surface area contributed by atoms with E-state index in [1.54, 1.807) is 19.1 Å². The van der Waals surface area contributed by atoms with Crippen molar-refractivity contribution in [2.45, 2.75) is 12.5 Å². The Balaban J connectivity index is 2.00. The molecule has 1 unspecified atom stereocenters. The number of anilines is 1. The quantitative estimate of drug-likeness (QED) is 0.722. The smallest absolute Gasteiger partial charge is 0.200 e. The predicted molar refractivity (Wildman–Crippen MR) is 66.2 cm³/mol. The van der Waals surface area contributed by atoms with E-state index in [0.29, 0.717) is 24.6 Å². The lowest BCUT2D eigenvalue weighted by atomic mass is 10.1. The van der Waals surface area contributed by atoms with E-state index in [-0.39, 0.29) is 0 Å². The first-order chi connectivity index (χ1) is 8.46. The van der Waals surface area contributed by atoms with Gasteiger partial charge in [0.15, 0.2) is 5.65 Å². The average Bonchev–Trinajstić information content (AvgIpc) is 2.71. The predicted octanol–water partition coefficient (Wildman–Crippen LogP) is -0.756. The van der Waals surface area contributed by atoms with E-state index in [0.717, 1.165) is 0 Å². The Morgan fingerprint density at radius 3 is 2.94 bits per heavy atom.